The van der Waals surface area contributed by atoms with Crippen LogP contribution in [0.15, 0.2) is 36.4 Å². The van der Waals surface area contributed by atoms with Crippen LogP contribution >= 0.6 is 9.90 Å². The van der Waals surface area contributed by atoms with Gasteiger partial charge in [-0.1, -0.05) is 50.2 Å². The zero-order valence-electron chi connectivity index (χ0n) is 8.49. The molecule has 74 valence electrons. The lowest BCUT2D eigenvalue weighted by Gasteiger charge is -1.81. The second-order valence-corrected chi connectivity index (χ2v) is 2.40. The first-order valence-electron chi connectivity index (χ1n) is 4.33. The van der Waals surface area contributed by atoms with Crippen LogP contribution in [0.2, 0.25) is 0 Å². The maximum Gasteiger partial charge on any atom is 0.132 e. The summed E-state index contributed by atoms with van der Waals surface area (Å²) in [5, 5.41) is 0. The van der Waals surface area contributed by atoms with Gasteiger partial charge in [0.15, 0.2) is 0 Å². The lowest BCUT2D eigenvalue weighted by molar-refractivity contribution is -0.118. The Morgan fingerprint density at radius 2 is 1.08 bits per heavy atom. The van der Waals surface area contributed by atoms with Crippen LogP contribution in [0.1, 0.15) is 26.7 Å². The zero-order valence-corrected chi connectivity index (χ0v) is 9.91. The largest absolute Gasteiger partial charge is 0.300 e. The van der Waals surface area contributed by atoms with Crippen LogP contribution in [-0.4, -0.2) is 5.78 Å². The zero-order chi connectivity index (χ0) is 9.23. The van der Waals surface area contributed by atoms with E-state index in [2.05, 4.69) is 0 Å². The molecule has 1 nitrogen and oxygen atoms in total. The molecule has 0 N–H and O–H groups in total. The Balaban J connectivity index is 0. The number of carbonyl (C=O) groups excluding carboxylic acids is 1. The molecular formula is C11H19OP. The highest BCUT2D eigenvalue weighted by Crippen LogP contribution is 1.83. The normalized spacial score (nSPS) is 7.54. The highest BCUT2D eigenvalue weighted by molar-refractivity contribution is 6.92. The van der Waals surface area contributed by atoms with Crippen molar-refractivity contribution in [2.75, 3.05) is 0 Å². The van der Waals surface area contributed by atoms with E-state index in [1.165, 1.54) is 0 Å². The summed E-state index contributed by atoms with van der Waals surface area (Å²) in [7, 11) is 0. The van der Waals surface area contributed by atoms with Gasteiger partial charge in [-0.25, -0.2) is 0 Å². The fourth-order valence-electron chi connectivity index (χ4n) is 0.635. The lowest BCUT2D eigenvalue weighted by Crippen LogP contribution is -1.88. The smallest absolute Gasteiger partial charge is 0.132 e. The number of Topliss-reactive ketones (excluding diaryl/α,β-unsaturated/α-hetero) is 1. The number of rotatable bonds is 2. The van der Waals surface area contributed by atoms with Crippen molar-refractivity contribution in [1.82, 2.24) is 0 Å². The fraction of sp³-hybridized carbons (Fsp3) is 0.364. The highest BCUT2D eigenvalue weighted by atomic mass is 31.0. The minimum absolute atomic E-state index is 0. The monoisotopic (exact) mass is 198 g/mol. The van der Waals surface area contributed by atoms with Crippen LogP contribution in [0.25, 0.3) is 0 Å². The molecule has 0 aliphatic heterocycles. The molecule has 2 heteroatoms. The van der Waals surface area contributed by atoms with Gasteiger partial charge in [-0.3, -0.25) is 4.79 Å². The average Bonchev–Trinajstić information content (AvgIpc) is 2.20. The number of ketones is 1. The van der Waals surface area contributed by atoms with Gasteiger partial charge in [0.25, 0.3) is 0 Å². The number of hydrogen-bond donors (Lipinski definition) is 0. The van der Waals surface area contributed by atoms with E-state index in [0.29, 0.717) is 18.6 Å². The molecule has 1 aromatic carbocycles. The van der Waals surface area contributed by atoms with Crippen molar-refractivity contribution in [2.24, 2.45) is 0 Å². The SMILES string of the molecule is CCC(=O)CC.P.c1ccccc1. The summed E-state index contributed by atoms with van der Waals surface area (Å²) in [5.41, 5.74) is 0. The van der Waals surface area contributed by atoms with Crippen molar-refractivity contribution < 1.29 is 4.79 Å². The van der Waals surface area contributed by atoms with Crippen LogP contribution in [0.3, 0.4) is 0 Å². The Kier molecular flexibility index (Phi) is 12.9. The Labute approximate surface area is 84.2 Å². The molecule has 1 unspecified atom stereocenters. The van der Waals surface area contributed by atoms with E-state index >= 15 is 0 Å². The molecule has 0 bridgehead atoms. The van der Waals surface area contributed by atoms with Gasteiger partial charge < -0.3 is 0 Å². The Morgan fingerprint density at radius 3 is 1.15 bits per heavy atom. The molecule has 0 amide bonds. The number of benzene rings is 1. The molecule has 0 radical (unpaired) electrons. The highest BCUT2D eigenvalue weighted by Gasteiger charge is 1.86. The molecule has 0 heterocycles. The molecule has 0 aromatic heterocycles. The van der Waals surface area contributed by atoms with Crippen molar-refractivity contribution in [3.05, 3.63) is 36.4 Å². The molecule has 0 aliphatic rings. The maximum atomic E-state index is 10.2. The van der Waals surface area contributed by atoms with Gasteiger partial charge in [0.2, 0.25) is 0 Å². The summed E-state index contributed by atoms with van der Waals surface area (Å²) in [6, 6.07) is 12.0. The van der Waals surface area contributed by atoms with Gasteiger partial charge >= 0.3 is 0 Å². The summed E-state index contributed by atoms with van der Waals surface area (Å²) in [6.07, 6.45) is 1.38. The van der Waals surface area contributed by atoms with Gasteiger partial charge in [0.05, 0.1) is 0 Å². The summed E-state index contributed by atoms with van der Waals surface area (Å²) < 4.78 is 0. The van der Waals surface area contributed by atoms with Crippen molar-refractivity contribution >= 4 is 15.7 Å². The van der Waals surface area contributed by atoms with Gasteiger partial charge in [0, 0.05) is 12.8 Å². The molecule has 0 saturated heterocycles. The molecule has 0 spiro atoms. The molecule has 1 aromatic rings. The molecule has 0 saturated carbocycles. The van der Waals surface area contributed by atoms with Crippen molar-refractivity contribution in [1.29, 1.82) is 0 Å². The van der Waals surface area contributed by atoms with Crippen LogP contribution < -0.4 is 0 Å². The third-order valence-corrected chi connectivity index (χ3v) is 1.46. The molecule has 0 aliphatic carbocycles. The van der Waals surface area contributed by atoms with Crippen molar-refractivity contribution in [3.63, 3.8) is 0 Å². The fourth-order valence-corrected chi connectivity index (χ4v) is 0.635. The van der Waals surface area contributed by atoms with Gasteiger partial charge in [-0.05, 0) is 0 Å². The Morgan fingerprint density at radius 1 is 0.846 bits per heavy atom. The molecule has 13 heavy (non-hydrogen) atoms. The van der Waals surface area contributed by atoms with Crippen molar-refractivity contribution in [2.45, 2.75) is 26.7 Å². The van der Waals surface area contributed by atoms with Gasteiger partial charge in [0.1, 0.15) is 5.78 Å². The van der Waals surface area contributed by atoms with Crippen LogP contribution in [0.5, 0.6) is 0 Å². The minimum atomic E-state index is 0. The van der Waals surface area contributed by atoms with Crippen LogP contribution in [0.4, 0.5) is 0 Å². The van der Waals surface area contributed by atoms with E-state index in [0.717, 1.165) is 0 Å². The number of hydrogen-bond acceptors (Lipinski definition) is 1. The summed E-state index contributed by atoms with van der Waals surface area (Å²) in [4.78, 5) is 10.2. The summed E-state index contributed by atoms with van der Waals surface area (Å²) in [6.45, 7) is 3.76. The maximum absolute atomic E-state index is 10.2. The predicted molar refractivity (Wildman–Crippen MR) is 63.1 cm³/mol. The first-order chi connectivity index (χ1) is 5.81. The van der Waals surface area contributed by atoms with E-state index in [4.69, 9.17) is 0 Å². The van der Waals surface area contributed by atoms with E-state index in [1.807, 2.05) is 50.2 Å². The summed E-state index contributed by atoms with van der Waals surface area (Å²) >= 11 is 0. The van der Waals surface area contributed by atoms with Crippen LogP contribution in [-0.2, 0) is 4.79 Å². The van der Waals surface area contributed by atoms with Gasteiger partial charge in [-0.15, -0.1) is 0 Å². The van der Waals surface area contributed by atoms with Crippen molar-refractivity contribution in [3.8, 4) is 0 Å². The second-order valence-electron chi connectivity index (χ2n) is 2.40. The third kappa shape index (κ3) is 11.3. The quantitative estimate of drug-likeness (QED) is 0.667. The topological polar surface area (TPSA) is 17.1 Å². The van der Waals surface area contributed by atoms with Gasteiger partial charge in [-0.2, -0.15) is 9.90 Å². The third-order valence-electron chi connectivity index (χ3n) is 1.46. The second kappa shape index (κ2) is 11.3. The van der Waals surface area contributed by atoms with E-state index in [9.17, 15) is 4.79 Å². The Hall–Kier alpha value is -0.680. The standard InChI is InChI=1S/C6H6.C5H10O.H3P/c1-2-4-6-5-3-1;1-3-5(6)4-2;/h1-6H;3-4H2,1-2H3;1H3. The summed E-state index contributed by atoms with van der Waals surface area (Å²) in [5.74, 6) is 0.343. The predicted octanol–water partition coefficient (Wildman–Crippen LogP) is 3.12. The molecule has 1 atom stereocenters. The number of carbonyl (C=O) groups is 1. The molecule has 1 rings (SSSR count). The molecular weight excluding hydrogens is 179 g/mol. The van der Waals surface area contributed by atoms with E-state index in [-0.39, 0.29) is 9.90 Å². The first-order valence-corrected chi connectivity index (χ1v) is 4.33. The average molecular weight is 198 g/mol. The van der Waals surface area contributed by atoms with E-state index in [1.54, 1.807) is 0 Å². The minimum Gasteiger partial charge on any atom is -0.300 e. The first kappa shape index (κ1) is 14.8. The molecule has 0 fully saturated rings. The lowest BCUT2D eigenvalue weighted by atomic mass is 10.3. The van der Waals surface area contributed by atoms with Crippen LogP contribution in [0, 0.1) is 0 Å². The van der Waals surface area contributed by atoms with E-state index < -0.39 is 0 Å². The Bertz CT molecular complexity index is 164.